The van der Waals surface area contributed by atoms with E-state index in [1.807, 2.05) is 0 Å². The molecule has 1 unspecified atom stereocenters. The zero-order valence-electron chi connectivity index (χ0n) is 10.6. The number of hydrogen-bond acceptors (Lipinski definition) is 4. The average molecular weight is 304 g/mol. The average Bonchev–Trinajstić information content (AvgIpc) is 2.40. The maximum atomic E-state index is 12.0. The Hall–Kier alpha value is -0.690. The summed E-state index contributed by atoms with van der Waals surface area (Å²) in [7, 11) is -3.50. The number of nitrogens with one attached hydrogen (secondary N) is 2. The van der Waals surface area contributed by atoms with Gasteiger partial charge in [-0.2, -0.15) is 0 Å². The van der Waals surface area contributed by atoms with Crippen LogP contribution in [0.2, 0.25) is 5.02 Å². The van der Waals surface area contributed by atoms with Gasteiger partial charge in [-0.05, 0) is 44.3 Å². The Morgan fingerprint density at radius 3 is 3.00 bits per heavy atom. The predicted octanol–water partition coefficient (Wildman–Crippen LogP) is 1.40. The number of nitrogens with zero attached hydrogens (tertiary/aromatic N) is 1. The molecule has 0 radical (unpaired) electrons. The molecule has 0 saturated carbocycles. The summed E-state index contributed by atoms with van der Waals surface area (Å²) in [6, 6.07) is 1.40. The van der Waals surface area contributed by atoms with Gasteiger partial charge >= 0.3 is 0 Å². The van der Waals surface area contributed by atoms with Gasteiger partial charge in [-0.15, -0.1) is 0 Å². The Morgan fingerprint density at radius 2 is 2.32 bits per heavy atom. The fraction of sp³-hybridized carbons (Fsp3) is 0.583. The largest absolute Gasteiger partial charge is 0.316 e. The highest BCUT2D eigenvalue weighted by Crippen LogP contribution is 2.15. The predicted molar refractivity (Wildman–Crippen MR) is 74.6 cm³/mol. The van der Waals surface area contributed by atoms with E-state index in [1.54, 1.807) is 0 Å². The smallest absolute Gasteiger partial charge is 0.242 e. The molecule has 0 spiro atoms. The Kier molecular flexibility index (Phi) is 5.15. The quantitative estimate of drug-likeness (QED) is 0.862. The van der Waals surface area contributed by atoms with Crippen LogP contribution in [0.15, 0.2) is 23.4 Å². The first-order valence-corrected chi connectivity index (χ1v) is 8.25. The van der Waals surface area contributed by atoms with Crippen molar-refractivity contribution >= 4 is 21.6 Å². The zero-order valence-corrected chi connectivity index (χ0v) is 12.2. The molecule has 0 amide bonds. The molecular weight excluding hydrogens is 286 g/mol. The number of halogens is 1. The highest BCUT2D eigenvalue weighted by molar-refractivity contribution is 7.89. The molecule has 19 heavy (non-hydrogen) atoms. The van der Waals surface area contributed by atoms with Crippen LogP contribution in [0.5, 0.6) is 0 Å². The molecule has 7 heteroatoms. The van der Waals surface area contributed by atoms with Crippen molar-refractivity contribution in [3.63, 3.8) is 0 Å². The van der Waals surface area contributed by atoms with E-state index in [2.05, 4.69) is 15.0 Å². The van der Waals surface area contributed by atoms with Crippen molar-refractivity contribution in [2.45, 2.75) is 24.2 Å². The highest BCUT2D eigenvalue weighted by atomic mass is 35.5. The number of aromatic nitrogens is 1. The third-order valence-corrected chi connectivity index (χ3v) is 4.87. The molecule has 1 aromatic heterocycles. The topological polar surface area (TPSA) is 71.1 Å². The van der Waals surface area contributed by atoms with Crippen molar-refractivity contribution < 1.29 is 8.42 Å². The van der Waals surface area contributed by atoms with E-state index < -0.39 is 10.0 Å². The van der Waals surface area contributed by atoms with Gasteiger partial charge in [0.1, 0.15) is 4.90 Å². The minimum atomic E-state index is -3.50. The fourth-order valence-electron chi connectivity index (χ4n) is 2.19. The Labute approximate surface area is 118 Å². The van der Waals surface area contributed by atoms with Crippen molar-refractivity contribution in [2.75, 3.05) is 19.6 Å². The van der Waals surface area contributed by atoms with E-state index in [1.165, 1.54) is 18.5 Å². The SMILES string of the molecule is O=S(=O)(NCCC1CCCNC1)c1cncc(Cl)c1. The van der Waals surface area contributed by atoms with E-state index in [0.717, 1.165) is 32.4 Å². The number of hydrogen-bond donors (Lipinski definition) is 2. The molecule has 0 aromatic carbocycles. The Morgan fingerprint density at radius 1 is 1.47 bits per heavy atom. The first-order chi connectivity index (χ1) is 9.08. The highest BCUT2D eigenvalue weighted by Gasteiger charge is 2.17. The molecule has 2 heterocycles. The minimum Gasteiger partial charge on any atom is -0.316 e. The standard InChI is InChI=1S/C12H18ClN3O2S/c13-11-6-12(9-15-8-11)19(17,18)16-5-3-10-2-1-4-14-7-10/h6,8-10,14,16H,1-5,7H2. The lowest BCUT2D eigenvalue weighted by Crippen LogP contribution is -2.33. The van der Waals surface area contributed by atoms with Gasteiger partial charge in [0.25, 0.3) is 0 Å². The number of rotatable bonds is 5. The summed E-state index contributed by atoms with van der Waals surface area (Å²) in [6.45, 7) is 2.48. The van der Waals surface area contributed by atoms with Crippen molar-refractivity contribution in [3.8, 4) is 0 Å². The molecule has 5 nitrogen and oxygen atoms in total. The van der Waals surface area contributed by atoms with Gasteiger partial charge in [0.05, 0.1) is 5.02 Å². The summed E-state index contributed by atoms with van der Waals surface area (Å²) in [5, 5.41) is 3.64. The van der Waals surface area contributed by atoms with Gasteiger partial charge in [-0.1, -0.05) is 11.6 Å². The lowest BCUT2D eigenvalue weighted by atomic mass is 9.96. The van der Waals surface area contributed by atoms with Crippen LogP contribution in [0.25, 0.3) is 0 Å². The maximum Gasteiger partial charge on any atom is 0.242 e. The lowest BCUT2D eigenvalue weighted by Gasteiger charge is -2.22. The molecule has 0 aliphatic carbocycles. The second-order valence-corrected chi connectivity index (χ2v) is 6.94. The molecule has 106 valence electrons. The van der Waals surface area contributed by atoms with Crippen LogP contribution in [-0.4, -0.2) is 33.0 Å². The Bertz CT molecular complexity index is 515. The van der Waals surface area contributed by atoms with E-state index in [9.17, 15) is 8.42 Å². The third kappa shape index (κ3) is 4.42. The van der Waals surface area contributed by atoms with Crippen molar-refractivity contribution in [2.24, 2.45) is 5.92 Å². The molecule has 1 atom stereocenters. The van der Waals surface area contributed by atoms with Gasteiger partial charge in [-0.25, -0.2) is 13.1 Å². The second kappa shape index (κ2) is 6.65. The summed E-state index contributed by atoms with van der Waals surface area (Å²) in [5.41, 5.74) is 0. The van der Waals surface area contributed by atoms with Crippen LogP contribution in [0.4, 0.5) is 0 Å². The monoisotopic (exact) mass is 303 g/mol. The second-order valence-electron chi connectivity index (χ2n) is 4.74. The van der Waals surface area contributed by atoms with Crippen LogP contribution in [0.3, 0.4) is 0 Å². The van der Waals surface area contributed by atoms with Crippen molar-refractivity contribution in [1.29, 1.82) is 0 Å². The first-order valence-electron chi connectivity index (χ1n) is 6.39. The van der Waals surface area contributed by atoms with Gasteiger partial charge in [0, 0.05) is 18.9 Å². The summed E-state index contributed by atoms with van der Waals surface area (Å²) >= 11 is 5.74. The summed E-state index contributed by atoms with van der Waals surface area (Å²) < 4.78 is 26.6. The zero-order chi connectivity index (χ0) is 13.7. The molecule has 1 fully saturated rings. The summed E-state index contributed by atoms with van der Waals surface area (Å²) in [4.78, 5) is 3.90. The molecule has 0 bridgehead atoms. The van der Waals surface area contributed by atoms with Gasteiger partial charge < -0.3 is 5.32 Å². The number of pyridine rings is 1. The molecule has 1 aromatic rings. The van der Waals surface area contributed by atoms with Gasteiger partial charge in [-0.3, -0.25) is 4.98 Å². The first kappa shape index (κ1) is 14.7. The van der Waals surface area contributed by atoms with Crippen LogP contribution in [0.1, 0.15) is 19.3 Å². The van der Waals surface area contributed by atoms with Crippen LogP contribution in [-0.2, 0) is 10.0 Å². The van der Waals surface area contributed by atoms with E-state index in [0.29, 0.717) is 17.5 Å². The van der Waals surface area contributed by atoms with Gasteiger partial charge in [0.15, 0.2) is 0 Å². The van der Waals surface area contributed by atoms with E-state index in [4.69, 9.17) is 11.6 Å². The summed E-state index contributed by atoms with van der Waals surface area (Å²) in [6.07, 6.45) is 5.88. The summed E-state index contributed by atoms with van der Waals surface area (Å²) in [5.74, 6) is 0.550. The van der Waals surface area contributed by atoms with Crippen LogP contribution in [0, 0.1) is 5.92 Å². The third-order valence-electron chi connectivity index (χ3n) is 3.23. The van der Waals surface area contributed by atoms with Crippen molar-refractivity contribution in [1.82, 2.24) is 15.0 Å². The van der Waals surface area contributed by atoms with Crippen molar-refractivity contribution in [3.05, 3.63) is 23.5 Å². The van der Waals surface area contributed by atoms with Crippen LogP contribution >= 0.6 is 11.6 Å². The molecule has 1 aliphatic heterocycles. The lowest BCUT2D eigenvalue weighted by molar-refractivity contribution is 0.358. The maximum absolute atomic E-state index is 12.0. The molecule has 1 aliphatic rings. The van der Waals surface area contributed by atoms with Gasteiger partial charge in [0.2, 0.25) is 10.0 Å². The number of piperidine rings is 1. The Balaban J connectivity index is 1.87. The molecule has 2 rings (SSSR count). The number of sulfonamides is 1. The molecule has 1 saturated heterocycles. The van der Waals surface area contributed by atoms with E-state index in [-0.39, 0.29) is 4.90 Å². The van der Waals surface area contributed by atoms with E-state index >= 15 is 0 Å². The molecule has 2 N–H and O–H groups in total. The molecular formula is C12H18ClN3O2S. The normalized spacial score (nSPS) is 20.4. The van der Waals surface area contributed by atoms with Crippen LogP contribution < -0.4 is 10.0 Å². The fourth-order valence-corrected chi connectivity index (χ4v) is 3.46. The minimum absolute atomic E-state index is 0.113.